The molecule has 1 aliphatic rings. The van der Waals surface area contributed by atoms with Crippen LogP contribution >= 0.6 is 0 Å². The maximum absolute atomic E-state index is 12.9. The molecular weight excluding hydrogens is 349 g/mol. The number of rotatable bonds is 3. The van der Waals surface area contributed by atoms with E-state index in [1.807, 2.05) is 12.1 Å². The van der Waals surface area contributed by atoms with Crippen molar-refractivity contribution in [3.05, 3.63) is 59.7 Å². The molecule has 2 aromatic rings. The second kappa shape index (κ2) is 7.10. The number of nitrogens with zero attached hydrogens (tertiary/aromatic N) is 2. The Morgan fingerprint density at radius 2 is 1.48 bits per heavy atom. The van der Waals surface area contributed by atoms with E-state index in [4.69, 9.17) is 0 Å². The maximum Gasteiger partial charge on any atom is 0.416 e. The first-order chi connectivity index (χ1) is 12.6. The summed E-state index contributed by atoms with van der Waals surface area (Å²) in [5.74, 6) is 0. The Kier molecular flexibility index (Phi) is 5.15. The summed E-state index contributed by atoms with van der Waals surface area (Å²) in [5.41, 5.74) is 2.66. The average molecular weight is 376 g/mol. The van der Waals surface area contributed by atoms with E-state index in [2.05, 4.69) is 49.6 Å². The molecule has 1 atom stereocenters. The number of hydrogen-bond donors (Lipinski definition) is 0. The van der Waals surface area contributed by atoms with Gasteiger partial charge in [-0.25, -0.2) is 0 Å². The molecule has 1 aliphatic heterocycles. The molecule has 27 heavy (non-hydrogen) atoms. The largest absolute Gasteiger partial charge is 0.416 e. The van der Waals surface area contributed by atoms with Crippen LogP contribution in [0.15, 0.2) is 48.5 Å². The van der Waals surface area contributed by atoms with Crippen molar-refractivity contribution in [2.45, 2.75) is 51.9 Å². The molecule has 2 nitrogen and oxygen atoms in total. The van der Waals surface area contributed by atoms with Gasteiger partial charge in [-0.05, 0) is 57.0 Å². The Bertz CT molecular complexity index is 775. The van der Waals surface area contributed by atoms with Gasteiger partial charge in [-0.2, -0.15) is 13.2 Å². The molecule has 0 amide bonds. The van der Waals surface area contributed by atoms with Crippen molar-refractivity contribution < 1.29 is 13.2 Å². The lowest BCUT2D eigenvalue weighted by molar-refractivity contribution is -0.137. The molecule has 1 heterocycles. The van der Waals surface area contributed by atoms with Crippen molar-refractivity contribution in [1.82, 2.24) is 0 Å². The second-order valence-corrected chi connectivity index (χ2v) is 8.05. The number of alkyl halides is 3. The fourth-order valence-electron chi connectivity index (χ4n) is 3.93. The Labute approximate surface area is 159 Å². The van der Waals surface area contributed by atoms with Crippen LogP contribution in [0, 0.1) is 0 Å². The minimum absolute atomic E-state index is 0.0122. The number of halogens is 3. The molecule has 0 fully saturated rings. The normalized spacial score (nSPS) is 16.3. The first kappa shape index (κ1) is 19.6. The van der Waals surface area contributed by atoms with E-state index in [0.717, 1.165) is 30.8 Å². The zero-order valence-corrected chi connectivity index (χ0v) is 16.3. The molecule has 0 spiro atoms. The number of para-hydroxylation sites is 2. The molecule has 0 aromatic heterocycles. The summed E-state index contributed by atoms with van der Waals surface area (Å²) in [7, 11) is 0. The first-order valence-corrected chi connectivity index (χ1v) is 9.43. The Morgan fingerprint density at radius 3 is 2.00 bits per heavy atom. The van der Waals surface area contributed by atoms with E-state index >= 15 is 0 Å². The maximum atomic E-state index is 12.9. The van der Waals surface area contributed by atoms with E-state index in [1.165, 1.54) is 17.8 Å². The minimum Gasteiger partial charge on any atom is -0.363 e. The number of hydrogen-bond acceptors (Lipinski definition) is 2. The van der Waals surface area contributed by atoms with Gasteiger partial charge in [0.2, 0.25) is 0 Å². The van der Waals surface area contributed by atoms with Crippen LogP contribution in [0.25, 0.3) is 0 Å². The van der Waals surface area contributed by atoms with Crippen LogP contribution in [-0.2, 0) is 6.18 Å². The summed E-state index contributed by atoms with van der Waals surface area (Å²) in [6.07, 6.45) is -3.47. The zero-order valence-electron chi connectivity index (χ0n) is 16.3. The lowest BCUT2D eigenvalue weighted by atomic mass is 9.97. The third-order valence-electron chi connectivity index (χ3n) is 5.24. The van der Waals surface area contributed by atoms with Crippen LogP contribution in [0.1, 0.15) is 51.3 Å². The van der Waals surface area contributed by atoms with Crippen molar-refractivity contribution in [1.29, 1.82) is 0 Å². The molecular formula is C22H27F3N2. The van der Waals surface area contributed by atoms with Gasteiger partial charge in [-0.1, -0.05) is 31.2 Å². The number of benzene rings is 2. The van der Waals surface area contributed by atoms with Gasteiger partial charge in [-0.15, -0.1) is 0 Å². The Hall–Kier alpha value is -2.17. The van der Waals surface area contributed by atoms with Crippen molar-refractivity contribution in [3.63, 3.8) is 0 Å². The smallest absolute Gasteiger partial charge is 0.363 e. The van der Waals surface area contributed by atoms with Gasteiger partial charge in [0.1, 0.15) is 0 Å². The van der Waals surface area contributed by atoms with Gasteiger partial charge in [0.25, 0.3) is 0 Å². The molecule has 0 saturated carbocycles. The van der Waals surface area contributed by atoms with Crippen LogP contribution in [-0.4, -0.2) is 18.6 Å². The van der Waals surface area contributed by atoms with Crippen LogP contribution in [0.4, 0.5) is 24.5 Å². The summed E-state index contributed by atoms with van der Waals surface area (Å²) >= 11 is 0. The molecule has 0 N–H and O–H groups in total. The Balaban J connectivity index is 1.96. The van der Waals surface area contributed by atoms with Crippen LogP contribution in [0.5, 0.6) is 0 Å². The first-order valence-electron chi connectivity index (χ1n) is 9.43. The van der Waals surface area contributed by atoms with Gasteiger partial charge in [0.15, 0.2) is 0 Å². The van der Waals surface area contributed by atoms with Gasteiger partial charge >= 0.3 is 6.18 Å². The van der Waals surface area contributed by atoms with Crippen LogP contribution in [0.2, 0.25) is 0 Å². The summed E-state index contributed by atoms with van der Waals surface area (Å²) in [6.45, 7) is 10.4. The fourth-order valence-corrected chi connectivity index (χ4v) is 3.93. The highest BCUT2D eigenvalue weighted by atomic mass is 19.4. The highest BCUT2D eigenvalue weighted by Crippen LogP contribution is 2.42. The predicted molar refractivity (Wildman–Crippen MR) is 105 cm³/mol. The average Bonchev–Trinajstić information content (AvgIpc) is 2.61. The molecule has 0 saturated heterocycles. The van der Waals surface area contributed by atoms with E-state index in [0.29, 0.717) is 0 Å². The van der Waals surface area contributed by atoms with Gasteiger partial charge in [-0.3, -0.25) is 0 Å². The SMILES string of the molecule is CCC(c1ccc(C(F)(F)F)cc1)N1CCN(C(C)(C)C)c2ccccc21. The molecule has 5 heteroatoms. The third kappa shape index (κ3) is 3.92. The minimum atomic E-state index is -4.30. The van der Waals surface area contributed by atoms with E-state index in [-0.39, 0.29) is 11.6 Å². The van der Waals surface area contributed by atoms with Gasteiger partial charge in [0.05, 0.1) is 23.0 Å². The van der Waals surface area contributed by atoms with Crippen molar-refractivity contribution in [3.8, 4) is 0 Å². The highest BCUT2D eigenvalue weighted by molar-refractivity contribution is 5.75. The number of anilines is 2. The summed E-state index contributed by atoms with van der Waals surface area (Å²) in [4.78, 5) is 4.73. The zero-order chi connectivity index (χ0) is 19.8. The molecule has 3 rings (SSSR count). The van der Waals surface area contributed by atoms with Gasteiger partial charge in [0, 0.05) is 18.6 Å². The third-order valence-corrected chi connectivity index (χ3v) is 5.24. The molecule has 146 valence electrons. The fraction of sp³-hybridized carbons (Fsp3) is 0.455. The van der Waals surface area contributed by atoms with E-state index in [9.17, 15) is 13.2 Å². The Morgan fingerprint density at radius 1 is 0.889 bits per heavy atom. The molecule has 0 aliphatic carbocycles. The van der Waals surface area contributed by atoms with Crippen molar-refractivity contribution in [2.75, 3.05) is 22.9 Å². The molecule has 2 aromatic carbocycles. The predicted octanol–water partition coefficient (Wildman–Crippen LogP) is 6.28. The van der Waals surface area contributed by atoms with Crippen molar-refractivity contribution >= 4 is 11.4 Å². The van der Waals surface area contributed by atoms with Gasteiger partial charge < -0.3 is 9.80 Å². The van der Waals surface area contributed by atoms with E-state index in [1.54, 1.807) is 12.1 Å². The summed E-state index contributed by atoms with van der Waals surface area (Å²) < 4.78 is 38.7. The lowest BCUT2D eigenvalue weighted by Gasteiger charge is -2.47. The second-order valence-electron chi connectivity index (χ2n) is 8.05. The summed E-state index contributed by atoms with van der Waals surface area (Å²) in [5, 5.41) is 0. The standard InChI is InChI=1S/C22H27F3N2/c1-5-18(16-10-12-17(13-11-16)22(23,24)25)26-14-15-27(21(2,3)4)20-9-7-6-8-19(20)26/h6-13,18H,5,14-15H2,1-4H3. The molecule has 0 bridgehead atoms. The van der Waals surface area contributed by atoms with Crippen LogP contribution in [0.3, 0.4) is 0 Å². The topological polar surface area (TPSA) is 6.48 Å². The summed E-state index contributed by atoms with van der Waals surface area (Å²) in [6, 6.07) is 14.0. The highest BCUT2D eigenvalue weighted by Gasteiger charge is 2.33. The lowest BCUT2D eigenvalue weighted by Crippen LogP contribution is -2.50. The molecule has 1 unspecified atom stereocenters. The monoisotopic (exact) mass is 376 g/mol. The van der Waals surface area contributed by atoms with Crippen LogP contribution < -0.4 is 9.80 Å². The van der Waals surface area contributed by atoms with E-state index < -0.39 is 11.7 Å². The van der Waals surface area contributed by atoms with Crippen molar-refractivity contribution in [2.24, 2.45) is 0 Å². The number of fused-ring (bicyclic) bond motifs is 1. The molecule has 0 radical (unpaired) electrons. The quantitative estimate of drug-likeness (QED) is 0.622.